The molecule has 0 atom stereocenters. The summed E-state index contributed by atoms with van der Waals surface area (Å²) in [6.07, 6.45) is 3.17. The molecule has 4 N–H and O–H groups in total. The van der Waals surface area contributed by atoms with E-state index in [9.17, 15) is 9.18 Å². The molecule has 3 heterocycles. The van der Waals surface area contributed by atoms with Crippen LogP contribution in [-0.4, -0.2) is 84.3 Å². The van der Waals surface area contributed by atoms with Crippen LogP contribution in [0, 0.1) is 19.3 Å². The van der Waals surface area contributed by atoms with Crippen molar-refractivity contribution >= 4 is 28.7 Å². The predicted molar refractivity (Wildman–Crippen MR) is 161 cm³/mol. The van der Waals surface area contributed by atoms with Crippen molar-refractivity contribution < 1.29 is 18.7 Å². The van der Waals surface area contributed by atoms with E-state index in [1.807, 2.05) is 14.0 Å². The molecule has 1 fully saturated rings. The highest BCUT2D eigenvalue weighted by molar-refractivity contribution is 6.05. The molecule has 0 spiro atoms. The van der Waals surface area contributed by atoms with Crippen molar-refractivity contribution in [3.63, 3.8) is 0 Å². The SMILES string of the molecule is C=C(F)Oc1cc(C(=O)Nc2cnc(C)c(N(N)CC(=N)c3cnn(C)c3C)c2)cc(N2CCN(CCOC)CC2)c1. The molecule has 13 heteroatoms. The van der Waals surface area contributed by atoms with Crippen LogP contribution in [0.15, 0.2) is 49.3 Å². The van der Waals surface area contributed by atoms with Gasteiger partial charge in [0.05, 0.1) is 48.3 Å². The predicted octanol–water partition coefficient (Wildman–Crippen LogP) is 3.02. The van der Waals surface area contributed by atoms with Crippen molar-refractivity contribution in [2.75, 3.05) is 68.2 Å². The van der Waals surface area contributed by atoms with E-state index in [1.54, 1.807) is 43.1 Å². The Morgan fingerprint density at radius 1 is 1.19 bits per heavy atom. The van der Waals surface area contributed by atoms with Gasteiger partial charge in [0, 0.05) is 75.5 Å². The number of halogens is 1. The Hall–Kier alpha value is -4.33. The van der Waals surface area contributed by atoms with Crippen molar-refractivity contribution in [1.29, 1.82) is 5.41 Å². The molecule has 4 rings (SSSR count). The van der Waals surface area contributed by atoms with E-state index in [0.29, 0.717) is 35.0 Å². The van der Waals surface area contributed by atoms with Crippen molar-refractivity contribution in [1.82, 2.24) is 19.7 Å². The lowest BCUT2D eigenvalue weighted by atomic mass is 10.1. The third-order valence-electron chi connectivity index (χ3n) is 7.25. The van der Waals surface area contributed by atoms with Gasteiger partial charge in [-0.15, -0.1) is 0 Å². The smallest absolute Gasteiger partial charge is 0.270 e. The number of carbonyl (C=O) groups excluding carboxylic acids is 1. The van der Waals surface area contributed by atoms with E-state index in [2.05, 4.69) is 31.8 Å². The minimum Gasteiger partial charge on any atom is -0.432 e. The molecular weight excluding hydrogens is 541 g/mol. The Balaban J connectivity index is 1.50. The highest BCUT2D eigenvalue weighted by atomic mass is 19.1. The molecular formula is C29H38FN9O3. The van der Waals surface area contributed by atoms with Crippen LogP contribution in [0.25, 0.3) is 0 Å². The number of hydrogen-bond donors (Lipinski definition) is 3. The van der Waals surface area contributed by atoms with Crippen molar-refractivity contribution in [3.8, 4) is 5.75 Å². The van der Waals surface area contributed by atoms with E-state index >= 15 is 0 Å². The normalized spacial score (nSPS) is 13.6. The highest BCUT2D eigenvalue weighted by Gasteiger charge is 2.21. The lowest BCUT2D eigenvalue weighted by Gasteiger charge is -2.36. The largest absolute Gasteiger partial charge is 0.432 e. The maximum absolute atomic E-state index is 13.6. The molecule has 1 aromatic carbocycles. The number of ether oxygens (including phenoxy) is 2. The van der Waals surface area contributed by atoms with Gasteiger partial charge < -0.3 is 30.1 Å². The van der Waals surface area contributed by atoms with Gasteiger partial charge >= 0.3 is 0 Å². The molecule has 2 aromatic heterocycles. The van der Waals surface area contributed by atoms with E-state index in [0.717, 1.165) is 44.1 Å². The van der Waals surface area contributed by atoms with Crippen LogP contribution >= 0.6 is 0 Å². The number of pyridine rings is 1. The van der Waals surface area contributed by atoms with Gasteiger partial charge in [0.25, 0.3) is 11.9 Å². The van der Waals surface area contributed by atoms with Crippen LogP contribution in [0.5, 0.6) is 5.75 Å². The number of nitrogens with two attached hydrogens (primary N) is 1. The number of hydrazine groups is 1. The number of amides is 1. The van der Waals surface area contributed by atoms with E-state index in [4.69, 9.17) is 20.7 Å². The summed E-state index contributed by atoms with van der Waals surface area (Å²) in [4.78, 5) is 22.2. The maximum atomic E-state index is 13.6. The summed E-state index contributed by atoms with van der Waals surface area (Å²) >= 11 is 0. The number of aromatic nitrogens is 3. The van der Waals surface area contributed by atoms with Crippen molar-refractivity contribution in [2.45, 2.75) is 13.8 Å². The van der Waals surface area contributed by atoms with E-state index < -0.39 is 11.9 Å². The number of hydrogen-bond acceptors (Lipinski definition) is 10. The molecule has 3 aromatic rings. The third kappa shape index (κ3) is 7.49. The molecule has 0 saturated carbocycles. The van der Waals surface area contributed by atoms with Gasteiger partial charge in [-0.25, -0.2) is 5.84 Å². The first-order valence-corrected chi connectivity index (χ1v) is 13.6. The number of anilines is 3. The molecule has 12 nitrogen and oxygen atoms in total. The Bertz CT molecular complexity index is 1450. The van der Waals surface area contributed by atoms with Gasteiger partial charge in [0.2, 0.25) is 0 Å². The quantitative estimate of drug-likeness (QED) is 0.128. The van der Waals surface area contributed by atoms with Gasteiger partial charge in [-0.05, 0) is 38.6 Å². The minimum atomic E-state index is -0.967. The van der Waals surface area contributed by atoms with Gasteiger partial charge in [-0.3, -0.25) is 19.4 Å². The number of piperazine rings is 1. The van der Waals surface area contributed by atoms with Crippen molar-refractivity contribution in [2.24, 2.45) is 12.9 Å². The molecule has 224 valence electrons. The van der Waals surface area contributed by atoms with Crippen LogP contribution in [-0.2, 0) is 11.8 Å². The van der Waals surface area contributed by atoms with Crippen molar-refractivity contribution in [3.05, 3.63) is 71.8 Å². The fourth-order valence-electron chi connectivity index (χ4n) is 4.75. The fraction of sp³-hybridized carbons (Fsp3) is 0.379. The molecule has 1 aliphatic rings. The van der Waals surface area contributed by atoms with Crippen LogP contribution < -0.4 is 25.8 Å². The maximum Gasteiger partial charge on any atom is 0.270 e. The summed E-state index contributed by atoms with van der Waals surface area (Å²) in [6.45, 7) is 11.6. The molecule has 0 aliphatic carbocycles. The van der Waals surface area contributed by atoms with Crippen LogP contribution in [0.1, 0.15) is 27.3 Å². The Labute approximate surface area is 245 Å². The molecule has 0 radical (unpaired) electrons. The van der Waals surface area contributed by atoms with E-state index in [-0.39, 0.29) is 17.9 Å². The zero-order valence-electron chi connectivity index (χ0n) is 24.5. The first-order valence-electron chi connectivity index (χ1n) is 13.6. The third-order valence-corrected chi connectivity index (χ3v) is 7.25. The first-order chi connectivity index (χ1) is 20.0. The Morgan fingerprint density at radius 3 is 2.57 bits per heavy atom. The number of benzene rings is 1. The number of methoxy groups -OCH3 is 1. The number of aryl methyl sites for hydroxylation is 2. The van der Waals surface area contributed by atoms with Crippen LogP contribution in [0.4, 0.5) is 21.5 Å². The Kier molecular flexibility index (Phi) is 9.88. The van der Waals surface area contributed by atoms with E-state index in [1.165, 1.54) is 17.3 Å². The average molecular weight is 580 g/mol. The van der Waals surface area contributed by atoms with Gasteiger partial charge in [0.1, 0.15) is 5.75 Å². The van der Waals surface area contributed by atoms with Gasteiger partial charge in [-0.2, -0.15) is 9.49 Å². The van der Waals surface area contributed by atoms with Crippen LogP contribution in [0.3, 0.4) is 0 Å². The monoisotopic (exact) mass is 579 g/mol. The summed E-state index contributed by atoms with van der Waals surface area (Å²) < 4.78 is 25.6. The molecule has 42 heavy (non-hydrogen) atoms. The first kappa shape index (κ1) is 30.6. The number of carbonyl (C=O) groups is 1. The second-order valence-corrected chi connectivity index (χ2v) is 10.2. The number of nitrogens with zero attached hydrogens (tertiary/aromatic N) is 6. The summed E-state index contributed by atoms with van der Waals surface area (Å²) in [5.74, 6) is 6.09. The standard InChI is InChI=1S/C29H38FN9O3/c1-19-28(39(32)18-27(31)26-17-34-36(4)20(26)2)14-23(16-33-19)35-29(40)22-12-24(15-25(13-22)42-21(3)30)38-8-6-37(7-9-38)10-11-41-5/h12-17,31H,3,6-11,18,32H2,1-2,4-5H3,(H,35,40). The topological polar surface area (TPSA) is 138 Å². The van der Waals surface area contributed by atoms with Gasteiger partial charge in [-0.1, -0.05) is 0 Å². The minimum absolute atomic E-state index is 0.112. The summed E-state index contributed by atoms with van der Waals surface area (Å²) in [6, 6.07) is 5.65. The lowest BCUT2D eigenvalue weighted by molar-refractivity contribution is 0.102. The highest BCUT2D eigenvalue weighted by Crippen LogP contribution is 2.28. The summed E-state index contributed by atoms with van der Waals surface area (Å²) in [7, 11) is 3.50. The number of rotatable bonds is 12. The second-order valence-electron chi connectivity index (χ2n) is 10.2. The fourth-order valence-corrected chi connectivity index (χ4v) is 4.75. The second kappa shape index (κ2) is 13.6. The Morgan fingerprint density at radius 2 is 1.93 bits per heavy atom. The zero-order chi connectivity index (χ0) is 30.4. The molecule has 1 saturated heterocycles. The lowest BCUT2D eigenvalue weighted by Crippen LogP contribution is -2.47. The molecule has 1 amide bonds. The summed E-state index contributed by atoms with van der Waals surface area (Å²) in [5, 5.41) is 17.0. The zero-order valence-corrected chi connectivity index (χ0v) is 24.5. The molecule has 0 bridgehead atoms. The summed E-state index contributed by atoms with van der Waals surface area (Å²) in [5.41, 5.74) is 4.49. The molecule has 1 aliphatic heterocycles. The van der Waals surface area contributed by atoms with Gasteiger partial charge in [0.15, 0.2) is 0 Å². The molecule has 0 unspecified atom stereocenters. The van der Waals surface area contributed by atoms with Crippen LogP contribution in [0.2, 0.25) is 0 Å². The number of nitrogens with one attached hydrogen (secondary N) is 2. The average Bonchev–Trinajstić information content (AvgIpc) is 3.30.